The number of aliphatic hydroxyl groups excluding tert-OH is 2. The fourth-order valence-corrected chi connectivity index (χ4v) is 10.2. The number of aliphatic hydroxyl groups is 2. The predicted octanol–water partition coefficient (Wildman–Crippen LogP) is 17.4. The number of carbonyl (C=O) groups excluding carboxylic acids is 2. The first-order valence-corrected chi connectivity index (χ1v) is 27.3. The number of hydrogen-bond donors (Lipinski definition) is 6. The lowest BCUT2D eigenvalue weighted by atomic mass is 9.94. The van der Waals surface area contributed by atoms with Crippen molar-refractivity contribution in [3.05, 3.63) is 144 Å². The number of rotatable bonds is 4. The summed E-state index contributed by atoms with van der Waals surface area (Å²) in [6.45, 7) is 11.4. The van der Waals surface area contributed by atoms with Crippen molar-refractivity contribution in [2.45, 2.75) is 106 Å². The van der Waals surface area contributed by atoms with Gasteiger partial charge in [0.2, 0.25) is 11.8 Å². The maximum absolute atomic E-state index is 13.8. The molecule has 0 fully saturated rings. The Morgan fingerprint density at radius 3 is 1.05 bits per heavy atom. The molecule has 0 spiro atoms. The van der Waals surface area contributed by atoms with Crippen LogP contribution in [-0.4, -0.2) is 53.8 Å². The van der Waals surface area contributed by atoms with E-state index < -0.39 is 10.8 Å². The van der Waals surface area contributed by atoms with E-state index >= 15 is 0 Å². The Balaban J connectivity index is 1.37. The van der Waals surface area contributed by atoms with Crippen molar-refractivity contribution in [3.63, 3.8) is 0 Å². The molecular formula is C66H68N8O4. The van der Waals surface area contributed by atoms with Gasteiger partial charge in [-0.1, -0.05) is 153 Å². The van der Waals surface area contributed by atoms with Crippen LogP contribution in [0, 0.1) is 10.8 Å². The Morgan fingerprint density at radius 1 is 0.410 bits per heavy atom. The Hall–Kier alpha value is -8.64. The highest BCUT2D eigenvalue weighted by Crippen LogP contribution is 2.44. The molecule has 396 valence electrons. The quantitative estimate of drug-likeness (QED) is 0.102. The van der Waals surface area contributed by atoms with E-state index in [0.717, 1.165) is 118 Å². The molecule has 78 heavy (non-hydrogen) atoms. The lowest BCUT2D eigenvalue weighted by Gasteiger charge is -2.19. The predicted molar refractivity (Wildman–Crippen MR) is 322 cm³/mol. The molecule has 0 aliphatic carbocycles. The second kappa shape index (κ2) is 22.5. The van der Waals surface area contributed by atoms with Gasteiger partial charge in [0, 0.05) is 102 Å². The van der Waals surface area contributed by atoms with Crippen LogP contribution in [0.1, 0.15) is 129 Å². The molecule has 12 nitrogen and oxygen atoms in total. The Morgan fingerprint density at radius 2 is 0.705 bits per heavy atom. The van der Waals surface area contributed by atoms with Gasteiger partial charge in [-0.05, 0) is 85.7 Å². The van der Waals surface area contributed by atoms with E-state index in [9.17, 15) is 19.8 Å². The number of aromatic amines is 2. The van der Waals surface area contributed by atoms with E-state index in [-0.39, 0.29) is 23.6 Å². The van der Waals surface area contributed by atoms with Crippen molar-refractivity contribution < 1.29 is 19.8 Å². The number of aliphatic imine (C=N–C) groups is 2. The number of carbonyl (C=O) groups is 2. The molecule has 12 heteroatoms. The summed E-state index contributed by atoms with van der Waals surface area (Å²) in [5.74, 6) is -0.149. The van der Waals surface area contributed by atoms with Crippen LogP contribution < -0.4 is 10.6 Å². The number of aromatic nitrogens is 4. The van der Waals surface area contributed by atoms with E-state index in [1.807, 2.05) is 187 Å². The summed E-state index contributed by atoms with van der Waals surface area (Å²) in [4.78, 5) is 56.2. The van der Waals surface area contributed by atoms with Gasteiger partial charge in [-0.25, -0.2) is 20.0 Å². The molecule has 6 N–H and O–H groups in total. The van der Waals surface area contributed by atoms with Crippen molar-refractivity contribution in [1.29, 1.82) is 0 Å². The summed E-state index contributed by atoms with van der Waals surface area (Å²) in [5, 5.41) is 29.5. The minimum atomic E-state index is -0.680. The van der Waals surface area contributed by atoms with E-state index in [4.69, 9.17) is 20.0 Å². The lowest BCUT2D eigenvalue weighted by Crippen LogP contribution is -2.27. The van der Waals surface area contributed by atoms with Crippen LogP contribution in [0.25, 0.3) is 90.9 Å². The van der Waals surface area contributed by atoms with Gasteiger partial charge in [0.1, 0.15) is 0 Å². The fraction of sp³-hybridized carbons (Fsp3) is 0.273. The molecule has 0 saturated heterocycles. The van der Waals surface area contributed by atoms with E-state index in [2.05, 4.69) is 20.6 Å². The number of fused-ring (bicyclic) bond motifs is 10. The molecule has 0 saturated carbocycles. The maximum atomic E-state index is 13.8. The summed E-state index contributed by atoms with van der Waals surface area (Å²) in [6.07, 6.45) is 16.8. The standard InChI is InChI=1S/C66H68N8O4/c1-65(2,3)63(77)73-47-29-21-17-25-43(47)61-53-37-33-49(67-53)59-41-23-15-19-27-45(41)71-57(75)31-13-11-9-7-8-10-12-14-32-58(76)72-46-28-20-16-24-42(46)60(50-34-38-54(61)68-50)52-36-40-56(70-52)62(55-39-35-51(59)69-55)44-26-18-22-30-48(44)74-64(78)66(4,5)6/h15-30,33-40,67,70H,7-14,31-32H2,1-6H3,(H,71,75)(H,72,76)(H,73,77)(H,74,78). The Labute approximate surface area is 456 Å². The van der Waals surface area contributed by atoms with Gasteiger partial charge in [0.05, 0.1) is 34.2 Å². The summed E-state index contributed by atoms with van der Waals surface area (Å²) in [6, 6.07) is 39.4. The molecule has 0 unspecified atom stereocenters. The van der Waals surface area contributed by atoms with Crippen molar-refractivity contribution in [1.82, 2.24) is 19.9 Å². The maximum Gasteiger partial charge on any atom is 0.229 e. The number of hydrogen-bond acceptors (Lipinski definition) is 6. The summed E-state index contributed by atoms with van der Waals surface area (Å²) in [7, 11) is 0. The first-order valence-electron chi connectivity index (χ1n) is 27.3. The van der Waals surface area contributed by atoms with Crippen LogP contribution in [0.2, 0.25) is 0 Å². The number of para-hydroxylation sites is 4. The first kappa shape index (κ1) is 52.8. The third kappa shape index (κ3) is 11.5. The van der Waals surface area contributed by atoms with Gasteiger partial charge >= 0.3 is 0 Å². The third-order valence-electron chi connectivity index (χ3n) is 14.4. The first-order chi connectivity index (χ1) is 37.6. The van der Waals surface area contributed by atoms with Crippen molar-refractivity contribution in [3.8, 4) is 44.5 Å². The van der Waals surface area contributed by atoms with Crippen LogP contribution in [0.4, 0.5) is 22.7 Å². The number of anilines is 2. The highest BCUT2D eigenvalue weighted by molar-refractivity contribution is 6.07. The second-order valence-corrected chi connectivity index (χ2v) is 22.4. The largest absolute Gasteiger partial charge is 0.496 e. The van der Waals surface area contributed by atoms with Gasteiger partial charge in [-0.2, -0.15) is 0 Å². The third-order valence-corrected chi connectivity index (χ3v) is 14.4. The number of amides is 2. The molecule has 7 aromatic rings. The second-order valence-electron chi connectivity index (χ2n) is 22.4. The number of benzene rings is 4. The van der Waals surface area contributed by atoms with Gasteiger partial charge in [0.15, 0.2) is 11.8 Å². The van der Waals surface area contributed by atoms with E-state index in [1.54, 1.807) is 0 Å². The number of nitrogens with zero attached hydrogens (tertiary/aromatic N) is 4. The average Bonchev–Trinajstić information content (AvgIpc) is 4.44. The molecule has 0 atom stereocenters. The summed E-state index contributed by atoms with van der Waals surface area (Å²) < 4.78 is 0. The number of nitrogens with one attached hydrogen (secondary N) is 4. The molecule has 3 aliphatic heterocycles. The lowest BCUT2D eigenvalue weighted by molar-refractivity contribution is -0.123. The van der Waals surface area contributed by atoms with E-state index in [0.29, 0.717) is 58.4 Å². The minimum Gasteiger partial charge on any atom is -0.496 e. The molecular weight excluding hydrogens is 969 g/mol. The zero-order chi connectivity index (χ0) is 54.6. The molecule has 3 aliphatic rings. The summed E-state index contributed by atoms with van der Waals surface area (Å²) >= 11 is 0. The SMILES string of the molecule is CC(C)(C)C(=O)Nc1ccccc1-c1c2nc(c3c4ccc([nH]4)c(-c4ccccc4NC(=O)C(C)(C)C)c4nc(c(c5ccc1[nH]5)-c1ccccc1N=C(O)CCCCCCCCCCC(O)=Nc1ccccc1-3)C=C4)C=C2. The van der Waals surface area contributed by atoms with Crippen LogP contribution in [0.3, 0.4) is 0 Å². The Kier molecular flexibility index (Phi) is 15.2. The molecule has 3 aromatic heterocycles. The smallest absolute Gasteiger partial charge is 0.229 e. The van der Waals surface area contributed by atoms with E-state index in [1.165, 1.54) is 0 Å². The summed E-state index contributed by atoms with van der Waals surface area (Å²) in [5.41, 5.74) is 12.4. The van der Waals surface area contributed by atoms with Gasteiger partial charge < -0.3 is 30.8 Å². The van der Waals surface area contributed by atoms with Gasteiger partial charge in [0.25, 0.3) is 0 Å². The Bertz CT molecular complexity index is 3500. The van der Waals surface area contributed by atoms with Crippen molar-refractivity contribution >= 4 is 92.7 Å². The molecule has 6 heterocycles. The van der Waals surface area contributed by atoms with Crippen molar-refractivity contribution in [2.75, 3.05) is 10.6 Å². The zero-order valence-electron chi connectivity index (χ0n) is 45.4. The zero-order valence-corrected chi connectivity index (χ0v) is 45.4. The molecule has 10 rings (SSSR count). The van der Waals surface area contributed by atoms with Crippen molar-refractivity contribution in [2.24, 2.45) is 20.8 Å². The van der Waals surface area contributed by atoms with Crippen LogP contribution >= 0.6 is 0 Å². The highest BCUT2D eigenvalue weighted by atomic mass is 16.3. The monoisotopic (exact) mass is 1040 g/mol. The molecule has 10 bridgehead atoms. The topological polar surface area (TPSA) is 181 Å². The molecule has 4 aromatic carbocycles. The van der Waals surface area contributed by atoms with Crippen LogP contribution in [0.5, 0.6) is 0 Å². The normalized spacial score (nSPS) is 14.5. The molecule has 0 radical (unpaired) electrons. The fourth-order valence-electron chi connectivity index (χ4n) is 10.2. The minimum absolute atomic E-state index is 0.0615. The molecule has 2 amide bonds. The number of H-pyrrole nitrogens is 2. The van der Waals surface area contributed by atoms with Gasteiger partial charge in [-0.3, -0.25) is 9.59 Å². The highest BCUT2D eigenvalue weighted by Gasteiger charge is 2.27. The van der Waals surface area contributed by atoms with Crippen LogP contribution in [-0.2, 0) is 9.59 Å². The van der Waals surface area contributed by atoms with Gasteiger partial charge in [-0.15, -0.1) is 0 Å². The van der Waals surface area contributed by atoms with Crippen LogP contribution in [0.15, 0.2) is 131 Å². The average molecular weight is 1040 g/mol.